The lowest BCUT2D eigenvalue weighted by atomic mass is 10.0. The Morgan fingerprint density at radius 2 is 0.794 bits per heavy atom. The summed E-state index contributed by atoms with van der Waals surface area (Å²) in [6, 6.07) is 0. The van der Waals surface area contributed by atoms with E-state index < -0.39 is 26.5 Å². The summed E-state index contributed by atoms with van der Waals surface area (Å²) in [4.78, 5) is 35.4. The fraction of sp³-hybridized carbons (Fsp3) is 0.897. The van der Waals surface area contributed by atoms with Gasteiger partial charge in [-0.25, -0.2) is 4.57 Å². The number of allylic oxidation sites excluding steroid dienone is 4. The lowest BCUT2D eigenvalue weighted by Crippen LogP contribution is -2.37. The van der Waals surface area contributed by atoms with E-state index in [1.807, 2.05) is 21.1 Å². The molecule has 2 atom stereocenters. The van der Waals surface area contributed by atoms with Crippen LogP contribution in [0.3, 0.4) is 0 Å². The summed E-state index contributed by atoms with van der Waals surface area (Å²) in [5.74, 6) is -0.786. The fourth-order valence-corrected chi connectivity index (χ4v) is 9.20. The van der Waals surface area contributed by atoms with Gasteiger partial charge in [0.25, 0.3) is 0 Å². The maximum absolute atomic E-state index is 12.8. The molecule has 0 aliphatic heterocycles. The number of likely N-dealkylation sites (N-methyl/N-ethyl adjacent to an activating group) is 1. The van der Waals surface area contributed by atoms with Crippen LogP contribution in [-0.4, -0.2) is 74.9 Å². The van der Waals surface area contributed by atoms with E-state index in [4.69, 9.17) is 18.5 Å². The molecule has 0 aliphatic carbocycles. The highest BCUT2D eigenvalue weighted by atomic mass is 31.2. The molecule has 0 spiro atoms. The van der Waals surface area contributed by atoms with Crippen LogP contribution in [0.25, 0.3) is 0 Å². The van der Waals surface area contributed by atoms with Gasteiger partial charge < -0.3 is 18.9 Å². The summed E-state index contributed by atoms with van der Waals surface area (Å²) in [6.45, 7) is 4.43. The maximum atomic E-state index is 12.8. The Kier molecular flexibility index (Phi) is 49.3. The molecule has 0 aromatic carbocycles. The van der Waals surface area contributed by atoms with Gasteiger partial charge in [-0.3, -0.25) is 18.6 Å². The normalized spacial score (nSPS) is 13.4. The van der Waals surface area contributed by atoms with Crippen LogP contribution in [0.1, 0.15) is 284 Å². The topological polar surface area (TPSA) is 108 Å². The van der Waals surface area contributed by atoms with E-state index in [2.05, 4.69) is 38.2 Å². The Morgan fingerprint density at radius 3 is 1.16 bits per heavy atom. The third kappa shape index (κ3) is 53.8. The van der Waals surface area contributed by atoms with E-state index in [0.717, 1.165) is 38.5 Å². The highest BCUT2D eigenvalue weighted by Crippen LogP contribution is 2.43. The van der Waals surface area contributed by atoms with Crippen molar-refractivity contribution in [3.63, 3.8) is 0 Å². The summed E-state index contributed by atoms with van der Waals surface area (Å²) < 4.78 is 34.4. The van der Waals surface area contributed by atoms with E-state index in [9.17, 15) is 19.0 Å². The molecular weight excluding hydrogens is 870 g/mol. The van der Waals surface area contributed by atoms with Gasteiger partial charge in [0.15, 0.2) is 6.10 Å². The lowest BCUT2D eigenvalue weighted by Gasteiger charge is -2.24. The number of hydrogen-bond donors (Lipinski definition) is 1. The number of phosphoric ester groups is 1. The highest BCUT2D eigenvalue weighted by molar-refractivity contribution is 7.47. The molecule has 1 N–H and O–H groups in total. The van der Waals surface area contributed by atoms with E-state index in [1.165, 1.54) is 212 Å². The van der Waals surface area contributed by atoms with Gasteiger partial charge in [0.2, 0.25) is 0 Å². The van der Waals surface area contributed by atoms with E-state index >= 15 is 0 Å². The van der Waals surface area contributed by atoms with Gasteiger partial charge in [-0.05, 0) is 44.9 Å². The molecule has 0 fully saturated rings. The molecule has 0 radical (unpaired) electrons. The zero-order valence-corrected chi connectivity index (χ0v) is 46.5. The van der Waals surface area contributed by atoms with Crippen LogP contribution in [0.2, 0.25) is 0 Å². The van der Waals surface area contributed by atoms with E-state index in [-0.39, 0.29) is 25.6 Å². The first-order chi connectivity index (χ1) is 33.0. The Morgan fingerprint density at radius 1 is 0.456 bits per heavy atom. The molecule has 0 amide bonds. The van der Waals surface area contributed by atoms with Gasteiger partial charge in [0.1, 0.15) is 19.8 Å². The van der Waals surface area contributed by atoms with Gasteiger partial charge in [-0.15, -0.1) is 0 Å². The first kappa shape index (κ1) is 66.5. The number of carbonyl (C=O) groups is 2. The quantitative estimate of drug-likeness (QED) is 0.0211. The molecule has 68 heavy (non-hydrogen) atoms. The monoisotopic (exact) mass is 983 g/mol. The Labute approximate surface area is 421 Å². The number of nitrogens with zero attached hydrogens (tertiary/aromatic N) is 1. The molecule has 0 saturated carbocycles. The van der Waals surface area contributed by atoms with Crippen molar-refractivity contribution in [2.24, 2.45) is 0 Å². The minimum absolute atomic E-state index is 0.0354. The van der Waals surface area contributed by atoms with Gasteiger partial charge in [-0.2, -0.15) is 0 Å². The van der Waals surface area contributed by atoms with Gasteiger partial charge >= 0.3 is 19.8 Å². The van der Waals surface area contributed by atoms with Crippen molar-refractivity contribution in [1.82, 2.24) is 0 Å². The van der Waals surface area contributed by atoms with Crippen LogP contribution >= 0.6 is 7.82 Å². The van der Waals surface area contributed by atoms with E-state index in [0.29, 0.717) is 23.9 Å². The molecule has 2 unspecified atom stereocenters. The minimum atomic E-state index is -4.37. The SMILES string of the molecule is CCCCCCC/C=C\C/C=C\CCCCCCCCCCCCCCCCCCCCCCCCCC(=O)OC(COC(=O)CCCCCCCCCCC)COP(=O)(O)OCC[N+](C)(C)C. The van der Waals surface area contributed by atoms with Crippen molar-refractivity contribution in [2.75, 3.05) is 47.5 Å². The van der Waals surface area contributed by atoms with Crippen molar-refractivity contribution < 1.29 is 42.1 Å². The molecule has 0 aromatic rings. The predicted octanol–water partition coefficient (Wildman–Crippen LogP) is 17.8. The summed E-state index contributed by atoms with van der Waals surface area (Å²) in [7, 11) is 1.49. The second-order valence-electron chi connectivity index (χ2n) is 21.0. The lowest BCUT2D eigenvalue weighted by molar-refractivity contribution is -0.870. The molecule has 0 rings (SSSR count). The smallest absolute Gasteiger partial charge is 0.462 e. The zero-order valence-electron chi connectivity index (χ0n) is 45.6. The van der Waals surface area contributed by atoms with Crippen LogP contribution in [0.5, 0.6) is 0 Å². The number of esters is 2. The summed E-state index contributed by atoms with van der Waals surface area (Å²) in [6.07, 6.45) is 60.0. The van der Waals surface area contributed by atoms with Gasteiger partial charge in [0, 0.05) is 12.8 Å². The summed E-state index contributed by atoms with van der Waals surface area (Å²) >= 11 is 0. The molecule has 9 nitrogen and oxygen atoms in total. The number of hydrogen-bond acceptors (Lipinski definition) is 7. The summed E-state index contributed by atoms with van der Waals surface area (Å²) in [5.41, 5.74) is 0. The number of phosphoric acid groups is 1. The average molecular weight is 984 g/mol. The van der Waals surface area contributed by atoms with Gasteiger partial charge in [-0.1, -0.05) is 250 Å². The van der Waals surface area contributed by atoms with Crippen molar-refractivity contribution in [1.29, 1.82) is 0 Å². The molecule has 0 aliphatic rings. The first-order valence-corrected chi connectivity index (χ1v) is 30.6. The highest BCUT2D eigenvalue weighted by Gasteiger charge is 2.27. The van der Waals surface area contributed by atoms with Crippen LogP contribution in [0, 0.1) is 0 Å². The second kappa shape index (κ2) is 50.4. The predicted molar refractivity (Wildman–Crippen MR) is 289 cm³/mol. The molecule has 0 aromatic heterocycles. The summed E-state index contributed by atoms with van der Waals surface area (Å²) in [5, 5.41) is 0. The van der Waals surface area contributed by atoms with Crippen molar-refractivity contribution in [2.45, 2.75) is 290 Å². The van der Waals surface area contributed by atoms with Crippen LogP contribution < -0.4 is 0 Å². The zero-order chi connectivity index (χ0) is 49.9. The first-order valence-electron chi connectivity index (χ1n) is 29.1. The van der Waals surface area contributed by atoms with Crippen molar-refractivity contribution in [3.05, 3.63) is 24.3 Å². The Bertz CT molecular complexity index is 1200. The second-order valence-corrected chi connectivity index (χ2v) is 22.5. The number of unbranched alkanes of at least 4 members (excludes halogenated alkanes) is 36. The molecule has 0 heterocycles. The Balaban J connectivity index is 3.87. The minimum Gasteiger partial charge on any atom is -0.462 e. The van der Waals surface area contributed by atoms with Crippen LogP contribution in [-0.2, 0) is 32.7 Å². The third-order valence-electron chi connectivity index (χ3n) is 13.0. The van der Waals surface area contributed by atoms with Crippen LogP contribution in [0.4, 0.5) is 0 Å². The molecule has 10 heteroatoms. The number of quaternary nitrogens is 1. The number of ether oxygens (including phenoxy) is 2. The molecule has 402 valence electrons. The average Bonchev–Trinajstić information content (AvgIpc) is 3.30. The fourth-order valence-electron chi connectivity index (χ4n) is 8.46. The molecular formula is C58H113NO8P+. The van der Waals surface area contributed by atoms with E-state index in [1.54, 1.807) is 0 Å². The standard InChI is InChI=1S/C58H112NO8P/c1-6-8-10-12-14-16-17-18-19-20-21-22-23-24-25-26-27-28-29-30-31-32-33-34-35-36-37-38-39-40-41-43-45-47-49-51-58(61)67-56(55-66-68(62,63)65-53-52-59(3,4)5)54-64-57(60)50-48-46-44-42-15-13-11-9-7-2/h17-18,20-21,56H,6-16,19,22-55H2,1-5H3/p+1/b18-17-,21-20-. The van der Waals surface area contributed by atoms with Crippen LogP contribution in [0.15, 0.2) is 24.3 Å². The largest absolute Gasteiger partial charge is 0.472 e. The maximum Gasteiger partial charge on any atom is 0.472 e. The van der Waals surface area contributed by atoms with Crippen molar-refractivity contribution in [3.8, 4) is 0 Å². The van der Waals surface area contributed by atoms with Crippen molar-refractivity contribution >= 4 is 19.8 Å². The number of carbonyl (C=O) groups excluding carboxylic acids is 2. The number of rotatable bonds is 54. The molecule has 0 bridgehead atoms. The molecule has 0 saturated heterocycles. The third-order valence-corrected chi connectivity index (χ3v) is 14.0. The Hall–Kier alpha value is -1.51. The van der Waals surface area contributed by atoms with Gasteiger partial charge in [0.05, 0.1) is 27.7 Å².